The van der Waals surface area contributed by atoms with Crippen molar-refractivity contribution < 1.29 is 5.11 Å². The molecular weight excluding hydrogens is 254 g/mol. The van der Waals surface area contributed by atoms with E-state index >= 15 is 0 Å². The number of aromatic nitrogens is 3. The van der Waals surface area contributed by atoms with Crippen LogP contribution in [-0.4, -0.2) is 19.6 Å². The first kappa shape index (κ1) is 11.2. The number of rotatable bonds is 1. The van der Waals surface area contributed by atoms with Gasteiger partial charge < -0.3 is 5.11 Å². The number of hydrogen-bond acceptors (Lipinski definition) is 5. The number of thiazole rings is 1. The first-order valence-corrected chi connectivity index (χ1v) is 6.43. The molecule has 2 heterocycles. The Morgan fingerprint density at radius 2 is 2.17 bits per heavy atom. The van der Waals surface area contributed by atoms with E-state index in [1.54, 1.807) is 0 Å². The van der Waals surface area contributed by atoms with Crippen LogP contribution in [0.25, 0.3) is 5.13 Å². The van der Waals surface area contributed by atoms with Crippen molar-refractivity contribution in [2.45, 2.75) is 26.2 Å². The Hall–Kier alpha value is -1.89. The van der Waals surface area contributed by atoms with Crippen molar-refractivity contribution in [1.82, 2.24) is 14.5 Å². The number of nitrogens with one attached hydrogen (secondary N) is 1. The second kappa shape index (κ2) is 3.81. The van der Waals surface area contributed by atoms with E-state index in [-0.39, 0.29) is 11.4 Å². The van der Waals surface area contributed by atoms with E-state index in [4.69, 9.17) is 0 Å². The van der Waals surface area contributed by atoms with Gasteiger partial charge in [-0.3, -0.25) is 9.78 Å². The molecule has 0 atom stereocenters. The second-order valence-corrected chi connectivity index (χ2v) is 5.33. The van der Waals surface area contributed by atoms with Crippen molar-refractivity contribution in [3.8, 4) is 11.0 Å². The van der Waals surface area contributed by atoms with Crippen LogP contribution in [0.5, 0.6) is 5.88 Å². The van der Waals surface area contributed by atoms with E-state index in [0.29, 0.717) is 5.13 Å². The lowest BCUT2D eigenvalue weighted by Gasteiger charge is -2.05. The summed E-state index contributed by atoms with van der Waals surface area (Å²) in [6, 6.07) is 0. The van der Waals surface area contributed by atoms with Crippen molar-refractivity contribution in [1.29, 1.82) is 0 Å². The Morgan fingerprint density at radius 3 is 2.89 bits per heavy atom. The summed E-state index contributed by atoms with van der Waals surface area (Å²) >= 11 is 1.39. The summed E-state index contributed by atoms with van der Waals surface area (Å²) in [7, 11) is 0. The third-order valence-electron chi connectivity index (χ3n) is 3.09. The van der Waals surface area contributed by atoms with Crippen LogP contribution in [0, 0.1) is 6.92 Å². The number of fused-ring (bicyclic) bond motifs is 1. The van der Waals surface area contributed by atoms with Crippen LogP contribution in [0.2, 0.25) is 0 Å². The number of H-pyrrole nitrogens is 1. The zero-order valence-electron chi connectivity index (χ0n) is 9.69. The van der Waals surface area contributed by atoms with Gasteiger partial charge in [0.25, 0.3) is 5.56 Å². The van der Waals surface area contributed by atoms with Gasteiger partial charge in [-0.15, -0.1) is 11.3 Å². The van der Waals surface area contributed by atoms with Crippen LogP contribution in [0.1, 0.15) is 22.6 Å². The molecule has 7 heteroatoms. The first-order valence-electron chi connectivity index (χ1n) is 5.62. The molecule has 2 aromatic rings. The van der Waals surface area contributed by atoms with E-state index in [9.17, 15) is 14.7 Å². The maximum absolute atomic E-state index is 11.8. The van der Waals surface area contributed by atoms with Gasteiger partial charge in [0.1, 0.15) is 0 Å². The number of aromatic hydroxyl groups is 1. The van der Waals surface area contributed by atoms with Crippen LogP contribution in [0.3, 0.4) is 0 Å². The highest BCUT2D eigenvalue weighted by atomic mass is 32.1. The van der Waals surface area contributed by atoms with Crippen LogP contribution >= 0.6 is 11.3 Å². The zero-order chi connectivity index (χ0) is 12.9. The molecule has 0 aliphatic heterocycles. The average Bonchev–Trinajstić information content (AvgIpc) is 2.86. The van der Waals surface area contributed by atoms with Gasteiger partial charge in [0.2, 0.25) is 11.0 Å². The van der Waals surface area contributed by atoms with Gasteiger partial charge in [0.15, 0.2) is 0 Å². The minimum atomic E-state index is -0.657. The number of aromatic amines is 1. The maximum atomic E-state index is 11.8. The molecule has 3 rings (SSSR count). The highest BCUT2D eigenvalue weighted by molar-refractivity contribution is 7.14. The van der Waals surface area contributed by atoms with E-state index < -0.39 is 11.2 Å². The lowest BCUT2D eigenvalue weighted by Crippen LogP contribution is -2.30. The SMILES string of the molecule is Cc1c(O)n(-c2nc3c(s2)CCC3)c(=O)[nH]c1=O. The highest BCUT2D eigenvalue weighted by Gasteiger charge is 2.20. The summed E-state index contributed by atoms with van der Waals surface area (Å²) < 4.78 is 1.06. The monoisotopic (exact) mass is 265 g/mol. The molecule has 0 amide bonds. The Balaban J connectivity index is 2.26. The molecule has 18 heavy (non-hydrogen) atoms. The molecule has 1 aliphatic carbocycles. The van der Waals surface area contributed by atoms with Crippen LogP contribution in [0.15, 0.2) is 9.59 Å². The van der Waals surface area contributed by atoms with Crippen molar-refractivity contribution >= 4 is 11.3 Å². The molecule has 0 bridgehead atoms. The smallest absolute Gasteiger partial charge is 0.337 e. The Labute approximate surface area is 106 Å². The maximum Gasteiger partial charge on any atom is 0.337 e. The average molecular weight is 265 g/mol. The molecule has 2 N–H and O–H groups in total. The van der Waals surface area contributed by atoms with Gasteiger partial charge >= 0.3 is 5.69 Å². The standard InChI is InChI=1S/C11H11N3O3S/c1-5-8(15)13-10(17)14(9(5)16)11-12-6-3-2-4-7(6)18-11/h16H,2-4H2,1H3,(H,13,15,17). The largest absolute Gasteiger partial charge is 0.494 e. The summed E-state index contributed by atoms with van der Waals surface area (Å²) in [6.07, 6.45) is 2.95. The molecule has 0 unspecified atom stereocenters. The van der Waals surface area contributed by atoms with Gasteiger partial charge in [0, 0.05) is 4.88 Å². The predicted octanol–water partition coefficient (Wildman–Crippen LogP) is 0.485. The molecule has 0 radical (unpaired) electrons. The normalized spacial score (nSPS) is 13.8. The third-order valence-corrected chi connectivity index (χ3v) is 4.23. The van der Waals surface area contributed by atoms with E-state index in [0.717, 1.165) is 34.4 Å². The Morgan fingerprint density at radius 1 is 1.39 bits per heavy atom. The molecule has 0 saturated heterocycles. The third kappa shape index (κ3) is 1.51. The number of aryl methyl sites for hydroxylation is 2. The van der Waals surface area contributed by atoms with Crippen LogP contribution in [0.4, 0.5) is 0 Å². The topological polar surface area (TPSA) is 88.0 Å². The Bertz CT molecular complexity index is 719. The van der Waals surface area contributed by atoms with E-state index in [2.05, 4.69) is 9.97 Å². The summed E-state index contributed by atoms with van der Waals surface area (Å²) in [5.74, 6) is -0.337. The molecule has 0 fully saturated rings. The second-order valence-electron chi connectivity index (χ2n) is 4.26. The van der Waals surface area contributed by atoms with Crippen LogP contribution < -0.4 is 11.2 Å². The molecule has 1 aliphatic rings. The van der Waals surface area contributed by atoms with Gasteiger partial charge in [-0.05, 0) is 26.2 Å². The lowest BCUT2D eigenvalue weighted by molar-refractivity contribution is 0.426. The fourth-order valence-electron chi connectivity index (χ4n) is 2.06. The number of nitrogens with zero attached hydrogens (tertiary/aromatic N) is 2. The fraction of sp³-hybridized carbons (Fsp3) is 0.364. The first-order chi connectivity index (χ1) is 8.58. The molecule has 2 aromatic heterocycles. The van der Waals surface area contributed by atoms with Gasteiger partial charge in [-0.25, -0.2) is 14.3 Å². The van der Waals surface area contributed by atoms with Gasteiger partial charge in [-0.2, -0.15) is 0 Å². The van der Waals surface area contributed by atoms with Gasteiger partial charge in [0.05, 0.1) is 11.3 Å². The summed E-state index contributed by atoms with van der Waals surface area (Å²) in [6.45, 7) is 1.46. The number of hydrogen-bond donors (Lipinski definition) is 2. The lowest BCUT2D eigenvalue weighted by atomic mass is 10.3. The predicted molar refractivity (Wildman–Crippen MR) is 66.8 cm³/mol. The molecule has 0 spiro atoms. The van der Waals surface area contributed by atoms with Gasteiger partial charge in [-0.1, -0.05) is 0 Å². The van der Waals surface area contributed by atoms with E-state index in [1.807, 2.05) is 0 Å². The summed E-state index contributed by atoms with van der Waals surface area (Å²) in [5, 5.41) is 10.3. The van der Waals surface area contributed by atoms with Crippen molar-refractivity contribution in [3.63, 3.8) is 0 Å². The summed E-state index contributed by atoms with van der Waals surface area (Å²) in [4.78, 5) is 30.8. The molecule has 0 aromatic carbocycles. The highest BCUT2D eigenvalue weighted by Crippen LogP contribution is 2.30. The quantitative estimate of drug-likeness (QED) is 0.785. The summed E-state index contributed by atoms with van der Waals surface area (Å²) in [5.41, 5.74) is -0.122. The fourth-order valence-corrected chi connectivity index (χ4v) is 3.21. The molecule has 0 saturated carbocycles. The molecular formula is C11H11N3O3S. The minimum absolute atomic E-state index is 0.116. The van der Waals surface area contributed by atoms with Crippen LogP contribution in [-0.2, 0) is 12.8 Å². The molecule has 94 valence electrons. The van der Waals surface area contributed by atoms with Crippen molar-refractivity contribution in [2.75, 3.05) is 0 Å². The minimum Gasteiger partial charge on any atom is -0.494 e. The molecule has 6 nitrogen and oxygen atoms in total. The van der Waals surface area contributed by atoms with Crippen molar-refractivity contribution in [2.24, 2.45) is 0 Å². The van der Waals surface area contributed by atoms with Crippen molar-refractivity contribution in [3.05, 3.63) is 37.0 Å². The zero-order valence-corrected chi connectivity index (χ0v) is 10.5. The van der Waals surface area contributed by atoms with E-state index in [1.165, 1.54) is 18.3 Å². The Kier molecular flexibility index (Phi) is 2.37.